The van der Waals surface area contributed by atoms with Crippen LogP contribution in [0.4, 0.5) is 0 Å². The lowest BCUT2D eigenvalue weighted by Gasteiger charge is -2.27. The van der Waals surface area contributed by atoms with E-state index in [4.69, 9.17) is 0 Å². The zero-order valence-electron chi connectivity index (χ0n) is 10.3. The van der Waals surface area contributed by atoms with Crippen molar-refractivity contribution in [1.29, 1.82) is 0 Å². The molecule has 3 N–H and O–H groups in total. The summed E-state index contributed by atoms with van der Waals surface area (Å²) < 4.78 is 0. The number of nitrogens with one attached hydrogen (secondary N) is 2. The lowest BCUT2D eigenvalue weighted by Crippen LogP contribution is -2.44. The quantitative estimate of drug-likeness (QED) is 0.647. The van der Waals surface area contributed by atoms with E-state index in [0.29, 0.717) is 12.5 Å². The maximum atomic E-state index is 11.5. The van der Waals surface area contributed by atoms with Crippen LogP contribution in [0.25, 0.3) is 0 Å². The molecule has 1 fully saturated rings. The molecule has 1 aliphatic carbocycles. The lowest BCUT2D eigenvalue weighted by atomic mass is 9.87. The van der Waals surface area contributed by atoms with Gasteiger partial charge in [-0.3, -0.25) is 4.79 Å². The van der Waals surface area contributed by atoms with Gasteiger partial charge in [-0.1, -0.05) is 6.42 Å². The average molecular weight is 228 g/mol. The summed E-state index contributed by atoms with van der Waals surface area (Å²) in [6.07, 6.45) is 3.92. The topological polar surface area (TPSA) is 61.4 Å². The third-order valence-electron chi connectivity index (χ3n) is 3.21. The van der Waals surface area contributed by atoms with Crippen molar-refractivity contribution in [3.63, 3.8) is 0 Å². The van der Waals surface area contributed by atoms with Gasteiger partial charge in [-0.2, -0.15) is 0 Å². The second-order valence-corrected chi connectivity index (χ2v) is 4.71. The van der Waals surface area contributed by atoms with E-state index < -0.39 is 0 Å². The molecule has 1 saturated carbocycles. The Morgan fingerprint density at radius 2 is 2.25 bits per heavy atom. The fourth-order valence-corrected chi connectivity index (χ4v) is 2.21. The van der Waals surface area contributed by atoms with Crippen LogP contribution in [0.3, 0.4) is 0 Å². The smallest absolute Gasteiger partial charge is 0.236 e. The van der Waals surface area contributed by atoms with Crippen molar-refractivity contribution in [3.8, 4) is 0 Å². The molecule has 1 rings (SSSR count). The number of carbonyl (C=O) groups excluding carboxylic acids is 1. The molecule has 0 spiro atoms. The highest BCUT2D eigenvalue weighted by atomic mass is 16.3. The number of hydrogen-bond donors (Lipinski definition) is 3. The first-order chi connectivity index (χ1) is 7.63. The molecule has 16 heavy (non-hydrogen) atoms. The van der Waals surface area contributed by atoms with E-state index in [1.807, 2.05) is 13.8 Å². The summed E-state index contributed by atoms with van der Waals surface area (Å²) >= 11 is 0. The van der Waals surface area contributed by atoms with Crippen LogP contribution >= 0.6 is 0 Å². The monoisotopic (exact) mass is 228 g/mol. The van der Waals surface area contributed by atoms with Gasteiger partial charge in [0.05, 0.1) is 12.1 Å². The van der Waals surface area contributed by atoms with Gasteiger partial charge in [-0.25, -0.2) is 0 Å². The third kappa shape index (κ3) is 4.49. The predicted octanol–water partition coefficient (Wildman–Crippen LogP) is 0.652. The van der Waals surface area contributed by atoms with E-state index in [-0.39, 0.29) is 18.1 Å². The van der Waals surface area contributed by atoms with Gasteiger partial charge in [-0.05, 0) is 45.6 Å². The van der Waals surface area contributed by atoms with Gasteiger partial charge in [0.1, 0.15) is 0 Å². The van der Waals surface area contributed by atoms with Crippen LogP contribution < -0.4 is 10.6 Å². The molecule has 0 radical (unpaired) electrons. The summed E-state index contributed by atoms with van der Waals surface area (Å²) in [6.45, 7) is 5.30. The van der Waals surface area contributed by atoms with Crippen molar-refractivity contribution < 1.29 is 9.90 Å². The van der Waals surface area contributed by atoms with E-state index in [2.05, 4.69) is 10.6 Å². The molecule has 0 aromatic carbocycles. The Morgan fingerprint density at radius 1 is 1.50 bits per heavy atom. The molecule has 4 nitrogen and oxygen atoms in total. The minimum atomic E-state index is -0.140. The van der Waals surface area contributed by atoms with E-state index in [0.717, 1.165) is 32.2 Å². The van der Waals surface area contributed by atoms with E-state index in [1.54, 1.807) is 0 Å². The minimum Gasteiger partial charge on any atom is -0.393 e. The highest BCUT2D eigenvalue weighted by molar-refractivity contribution is 5.81. The van der Waals surface area contributed by atoms with Gasteiger partial charge < -0.3 is 15.7 Å². The number of likely N-dealkylation sites (N-methyl/N-ethyl adjacent to an activating group) is 1. The summed E-state index contributed by atoms with van der Waals surface area (Å²) in [4.78, 5) is 11.5. The molecule has 3 atom stereocenters. The van der Waals surface area contributed by atoms with Crippen molar-refractivity contribution in [2.75, 3.05) is 13.1 Å². The van der Waals surface area contributed by atoms with Crippen LogP contribution in [0.2, 0.25) is 0 Å². The highest BCUT2D eigenvalue weighted by Crippen LogP contribution is 2.23. The minimum absolute atomic E-state index is 0.0545. The van der Waals surface area contributed by atoms with Crippen LogP contribution in [-0.4, -0.2) is 36.2 Å². The summed E-state index contributed by atoms with van der Waals surface area (Å²) in [6, 6.07) is -0.140. The summed E-state index contributed by atoms with van der Waals surface area (Å²) in [5.41, 5.74) is 0. The Labute approximate surface area is 97.8 Å². The van der Waals surface area contributed by atoms with Gasteiger partial charge in [0.25, 0.3) is 0 Å². The Hall–Kier alpha value is -0.610. The first-order valence-corrected chi connectivity index (χ1v) is 6.32. The molecule has 0 heterocycles. The van der Waals surface area contributed by atoms with Gasteiger partial charge in [0.15, 0.2) is 0 Å². The second-order valence-electron chi connectivity index (χ2n) is 4.71. The molecular formula is C12H24N2O2. The molecule has 1 amide bonds. The fraction of sp³-hybridized carbons (Fsp3) is 0.917. The maximum Gasteiger partial charge on any atom is 0.236 e. The fourth-order valence-electron chi connectivity index (χ4n) is 2.21. The summed E-state index contributed by atoms with van der Waals surface area (Å²) in [7, 11) is 0. The molecule has 0 saturated heterocycles. The van der Waals surface area contributed by atoms with Crippen molar-refractivity contribution in [1.82, 2.24) is 10.6 Å². The zero-order valence-corrected chi connectivity index (χ0v) is 10.3. The first-order valence-electron chi connectivity index (χ1n) is 6.32. The van der Waals surface area contributed by atoms with Crippen LogP contribution in [0, 0.1) is 5.92 Å². The third-order valence-corrected chi connectivity index (χ3v) is 3.21. The van der Waals surface area contributed by atoms with E-state index in [1.165, 1.54) is 0 Å². The molecular weight excluding hydrogens is 204 g/mol. The summed E-state index contributed by atoms with van der Waals surface area (Å²) in [5.74, 6) is 0.569. The lowest BCUT2D eigenvalue weighted by molar-refractivity contribution is -0.122. The van der Waals surface area contributed by atoms with Crippen molar-refractivity contribution >= 4 is 5.91 Å². The maximum absolute atomic E-state index is 11.5. The Balaban J connectivity index is 2.20. The van der Waals surface area contributed by atoms with Gasteiger partial charge in [0, 0.05) is 6.54 Å². The Morgan fingerprint density at radius 3 is 2.88 bits per heavy atom. The van der Waals surface area contributed by atoms with Gasteiger partial charge in [-0.15, -0.1) is 0 Å². The van der Waals surface area contributed by atoms with E-state index >= 15 is 0 Å². The molecule has 4 heteroatoms. The molecule has 94 valence electrons. The molecule has 1 aliphatic rings. The SMILES string of the molecule is CCNC(=O)C(C)NCC1CCCC(O)C1. The van der Waals surface area contributed by atoms with Crippen molar-refractivity contribution in [2.24, 2.45) is 5.92 Å². The largest absolute Gasteiger partial charge is 0.393 e. The Kier molecular flexibility index (Phi) is 5.77. The molecule has 0 aromatic rings. The van der Waals surface area contributed by atoms with Crippen LogP contribution in [-0.2, 0) is 4.79 Å². The van der Waals surface area contributed by atoms with Crippen LogP contribution in [0.1, 0.15) is 39.5 Å². The van der Waals surface area contributed by atoms with Crippen molar-refractivity contribution in [2.45, 2.75) is 51.7 Å². The number of aliphatic hydroxyl groups is 1. The number of amides is 1. The second kappa shape index (κ2) is 6.86. The Bertz CT molecular complexity index is 221. The van der Waals surface area contributed by atoms with Gasteiger partial charge >= 0.3 is 0 Å². The highest BCUT2D eigenvalue weighted by Gasteiger charge is 2.21. The average Bonchev–Trinajstić information content (AvgIpc) is 2.26. The van der Waals surface area contributed by atoms with Crippen LogP contribution in [0.15, 0.2) is 0 Å². The zero-order chi connectivity index (χ0) is 12.0. The summed E-state index contributed by atoms with van der Waals surface area (Å²) in [5, 5.41) is 15.6. The van der Waals surface area contributed by atoms with Crippen LogP contribution in [0.5, 0.6) is 0 Å². The normalized spacial score (nSPS) is 27.4. The molecule has 0 bridgehead atoms. The molecule has 0 aromatic heterocycles. The number of hydrogen-bond acceptors (Lipinski definition) is 3. The molecule has 0 aliphatic heterocycles. The van der Waals surface area contributed by atoms with Crippen molar-refractivity contribution in [3.05, 3.63) is 0 Å². The number of aliphatic hydroxyl groups excluding tert-OH is 1. The standard InChI is InChI=1S/C12H24N2O2/c1-3-13-12(16)9(2)14-8-10-5-4-6-11(15)7-10/h9-11,14-15H,3-8H2,1-2H3,(H,13,16). The molecule has 3 unspecified atom stereocenters. The first kappa shape index (κ1) is 13.5. The number of carbonyl (C=O) groups is 1. The number of rotatable bonds is 5. The predicted molar refractivity (Wildman–Crippen MR) is 64.1 cm³/mol. The van der Waals surface area contributed by atoms with Gasteiger partial charge in [0.2, 0.25) is 5.91 Å². The van der Waals surface area contributed by atoms with E-state index in [9.17, 15) is 9.90 Å².